The van der Waals surface area contributed by atoms with Crippen molar-refractivity contribution in [2.75, 3.05) is 0 Å². The molecule has 0 fully saturated rings. The number of carbonyl (C=O) groups excluding carboxylic acids is 1. The van der Waals surface area contributed by atoms with Crippen LogP contribution >= 0.6 is 0 Å². The fourth-order valence-corrected chi connectivity index (χ4v) is 2.52. The molecule has 0 amide bonds. The molecule has 0 spiro atoms. The third-order valence-electron chi connectivity index (χ3n) is 2.82. The molecule has 1 heteroatoms. The Balaban J connectivity index is 3.03. The van der Waals surface area contributed by atoms with Crippen molar-refractivity contribution in [3.8, 4) is 0 Å². The Morgan fingerprint density at radius 3 is 2.50 bits per heavy atom. The Labute approximate surface area is 74.9 Å². The first-order valence-electron chi connectivity index (χ1n) is 4.63. The molecule has 12 heavy (non-hydrogen) atoms. The lowest BCUT2D eigenvalue weighted by Gasteiger charge is -2.35. The van der Waals surface area contributed by atoms with Gasteiger partial charge < -0.3 is 0 Å². The Hall–Kier alpha value is -0.590. The minimum Gasteiger partial charge on any atom is -0.298 e. The van der Waals surface area contributed by atoms with Gasteiger partial charge in [0, 0.05) is 0 Å². The van der Waals surface area contributed by atoms with E-state index in [2.05, 4.69) is 27.7 Å². The Morgan fingerprint density at radius 2 is 2.08 bits per heavy atom. The molecule has 1 unspecified atom stereocenters. The number of hydrogen-bond donors (Lipinski definition) is 0. The predicted molar refractivity (Wildman–Crippen MR) is 50.9 cm³/mol. The Kier molecular flexibility index (Phi) is 2.41. The molecular weight excluding hydrogens is 148 g/mol. The van der Waals surface area contributed by atoms with E-state index in [0.717, 1.165) is 30.6 Å². The van der Waals surface area contributed by atoms with E-state index in [1.165, 1.54) is 5.57 Å². The lowest BCUT2D eigenvalue weighted by Crippen LogP contribution is -2.25. The summed E-state index contributed by atoms with van der Waals surface area (Å²) in [4.78, 5) is 10.8. The van der Waals surface area contributed by atoms with Gasteiger partial charge in [-0.25, -0.2) is 0 Å². The summed E-state index contributed by atoms with van der Waals surface area (Å²) in [5.74, 6) is 0.726. The van der Waals surface area contributed by atoms with Crippen LogP contribution in [0.1, 0.15) is 40.5 Å². The maximum absolute atomic E-state index is 10.8. The molecule has 0 aromatic rings. The monoisotopic (exact) mass is 166 g/mol. The average molecular weight is 166 g/mol. The van der Waals surface area contributed by atoms with Gasteiger partial charge in [-0.2, -0.15) is 0 Å². The molecule has 0 saturated carbocycles. The molecule has 0 N–H and O–H groups in total. The molecule has 1 aliphatic rings. The van der Waals surface area contributed by atoms with E-state index < -0.39 is 0 Å². The highest BCUT2D eigenvalue weighted by molar-refractivity contribution is 5.76. The van der Waals surface area contributed by atoms with Crippen molar-refractivity contribution in [1.29, 1.82) is 0 Å². The minimum atomic E-state index is 0.101. The van der Waals surface area contributed by atoms with Crippen molar-refractivity contribution in [1.82, 2.24) is 0 Å². The maximum Gasteiger partial charge on any atom is 0.146 e. The molecule has 1 aliphatic carbocycles. The summed E-state index contributed by atoms with van der Waals surface area (Å²) in [5, 5.41) is 0. The van der Waals surface area contributed by atoms with Crippen LogP contribution in [0.5, 0.6) is 0 Å². The van der Waals surface area contributed by atoms with E-state index in [-0.39, 0.29) is 5.41 Å². The van der Waals surface area contributed by atoms with Gasteiger partial charge in [0.25, 0.3) is 0 Å². The number of hydrogen-bond acceptors (Lipinski definition) is 1. The lowest BCUT2D eigenvalue weighted by molar-refractivity contribution is -0.106. The van der Waals surface area contributed by atoms with Gasteiger partial charge in [-0.15, -0.1) is 0 Å². The first kappa shape index (κ1) is 9.50. The summed E-state index contributed by atoms with van der Waals surface area (Å²) in [6.07, 6.45) is 3.27. The van der Waals surface area contributed by atoms with Crippen molar-refractivity contribution in [3.63, 3.8) is 0 Å². The fraction of sp³-hybridized carbons (Fsp3) is 0.727. The second-order valence-electron chi connectivity index (χ2n) is 4.71. The van der Waals surface area contributed by atoms with Gasteiger partial charge in [-0.1, -0.05) is 26.3 Å². The van der Waals surface area contributed by atoms with Gasteiger partial charge in [-0.05, 0) is 36.7 Å². The summed E-state index contributed by atoms with van der Waals surface area (Å²) < 4.78 is 0. The average Bonchev–Trinajstić information content (AvgIpc) is 1.82. The third kappa shape index (κ3) is 1.60. The first-order chi connectivity index (χ1) is 5.47. The van der Waals surface area contributed by atoms with Gasteiger partial charge in [0.2, 0.25) is 0 Å². The van der Waals surface area contributed by atoms with E-state index in [4.69, 9.17) is 0 Å². The molecule has 0 saturated heterocycles. The second kappa shape index (κ2) is 3.04. The van der Waals surface area contributed by atoms with Crippen LogP contribution in [0.4, 0.5) is 0 Å². The van der Waals surface area contributed by atoms with Crippen LogP contribution in [0.15, 0.2) is 11.1 Å². The summed E-state index contributed by atoms with van der Waals surface area (Å²) in [7, 11) is 0. The molecule has 0 aliphatic heterocycles. The van der Waals surface area contributed by atoms with Crippen molar-refractivity contribution in [3.05, 3.63) is 11.1 Å². The van der Waals surface area contributed by atoms with Crippen molar-refractivity contribution in [2.45, 2.75) is 40.5 Å². The summed E-state index contributed by atoms with van der Waals surface area (Å²) in [6, 6.07) is 0. The molecule has 68 valence electrons. The zero-order valence-corrected chi connectivity index (χ0v) is 8.48. The largest absolute Gasteiger partial charge is 0.298 e. The van der Waals surface area contributed by atoms with Crippen molar-refractivity contribution in [2.24, 2.45) is 11.3 Å². The number of rotatable bonds is 1. The number of aldehydes is 1. The quantitative estimate of drug-likeness (QED) is 0.547. The van der Waals surface area contributed by atoms with E-state index in [0.29, 0.717) is 0 Å². The van der Waals surface area contributed by atoms with Crippen LogP contribution < -0.4 is 0 Å². The Bertz CT molecular complexity index is 223. The van der Waals surface area contributed by atoms with Gasteiger partial charge >= 0.3 is 0 Å². The molecule has 1 nitrogen and oxygen atoms in total. The molecular formula is C11H18O. The van der Waals surface area contributed by atoms with Crippen LogP contribution in [0.2, 0.25) is 0 Å². The van der Waals surface area contributed by atoms with Crippen LogP contribution in [-0.2, 0) is 4.79 Å². The molecule has 1 atom stereocenters. The highest BCUT2D eigenvalue weighted by Crippen LogP contribution is 2.41. The van der Waals surface area contributed by atoms with E-state index >= 15 is 0 Å². The van der Waals surface area contributed by atoms with Gasteiger partial charge in [0.15, 0.2) is 0 Å². The SMILES string of the molecule is CC1=C(C=O)C(C)(C)CC(C)C1. The smallest absolute Gasteiger partial charge is 0.146 e. The normalized spacial score (nSPS) is 28.8. The van der Waals surface area contributed by atoms with E-state index in [1.54, 1.807) is 0 Å². The topological polar surface area (TPSA) is 17.1 Å². The summed E-state index contributed by atoms with van der Waals surface area (Å²) in [6.45, 7) is 8.67. The third-order valence-corrected chi connectivity index (χ3v) is 2.82. The fourth-order valence-electron chi connectivity index (χ4n) is 2.52. The van der Waals surface area contributed by atoms with Gasteiger partial charge in [-0.3, -0.25) is 4.79 Å². The van der Waals surface area contributed by atoms with Gasteiger partial charge in [0.1, 0.15) is 6.29 Å². The van der Waals surface area contributed by atoms with Crippen LogP contribution in [-0.4, -0.2) is 6.29 Å². The van der Waals surface area contributed by atoms with E-state index in [9.17, 15) is 4.79 Å². The lowest BCUT2D eigenvalue weighted by atomic mass is 9.69. The molecule has 0 aromatic carbocycles. The predicted octanol–water partition coefficient (Wildman–Crippen LogP) is 2.96. The summed E-state index contributed by atoms with van der Waals surface area (Å²) in [5.41, 5.74) is 2.41. The zero-order valence-electron chi connectivity index (χ0n) is 8.48. The first-order valence-corrected chi connectivity index (χ1v) is 4.63. The van der Waals surface area contributed by atoms with Crippen LogP contribution in [0, 0.1) is 11.3 Å². The van der Waals surface area contributed by atoms with E-state index in [1.807, 2.05) is 0 Å². The van der Waals surface area contributed by atoms with Crippen LogP contribution in [0.3, 0.4) is 0 Å². The van der Waals surface area contributed by atoms with Crippen molar-refractivity contribution < 1.29 is 4.79 Å². The molecule has 0 bridgehead atoms. The summed E-state index contributed by atoms with van der Waals surface area (Å²) >= 11 is 0. The molecule has 0 heterocycles. The molecule has 0 aromatic heterocycles. The molecule has 1 rings (SSSR count). The highest BCUT2D eigenvalue weighted by atomic mass is 16.1. The Morgan fingerprint density at radius 1 is 1.50 bits per heavy atom. The maximum atomic E-state index is 10.8. The van der Waals surface area contributed by atoms with Gasteiger partial charge in [0.05, 0.1) is 0 Å². The standard InChI is InChI=1S/C11H18O/c1-8-5-9(2)10(7-12)11(3,4)6-8/h7-8H,5-6H2,1-4H3. The zero-order chi connectivity index (χ0) is 9.35. The van der Waals surface area contributed by atoms with Crippen molar-refractivity contribution >= 4 is 6.29 Å². The molecule has 0 radical (unpaired) electrons. The second-order valence-corrected chi connectivity index (χ2v) is 4.71. The number of allylic oxidation sites excluding steroid dienone is 2. The van der Waals surface area contributed by atoms with Crippen LogP contribution in [0.25, 0.3) is 0 Å². The highest BCUT2D eigenvalue weighted by Gasteiger charge is 2.31. The minimum absolute atomic E-state index is 0.101. The number of carbonyl (C=O) groups is 1.